The van der Waals surface area contributed by atoms with E-state index in [2.05, 4.69) is 9.97 Å². The van der Waals surface area contributed by atoms with Crippen molar-refractivity contribution in [3.8, 4) is 11.3 Å². The lowest BCUT2D eigenvalue weighted by Crippen LogP contribution is -2.45. The minimum Gasteiger partial charge on any atom is -0.460 e. The average Bonchev–Trinajstić information content (AvgIpc) is 2.83. The van der Waals surface area contributed by atoms with Crippen molar-refractivity contribution < 1.29 is 36.9 Å². The maximum Gasteiger partial charge on any atom is 0.308 e. The minimum absolute atomic E-state index is 0.0652. The monoisotopic (exact) mass is 635 g/mol. The number of carbonyl (C=O) groups is 1. The van der Waals surface area contributed by atoms with Crippen LogP contribution in [0.1, 0.15) is 92.3 Å². The summed E-state index contributed by atoms with van der Waals surface area (Å²) in [6.07, 6.45) is 3.23. The van der Waals surface area contributed by atoms with Crippen LogP contribution in [-0.4, -0.2) is 71.5 Å². The first-order chi connectivity index (χ1) is 20.1. The Morgan fingerprint density at radius 2 is 1.77 bits per heavy atom. The van der Waals surface area contributed by atoms with Crippen LogP contribution < -0.4 is 4.31 Å². The predicted octanol–water partition coefficient (Wildman–Crippen LogP) is 5.60. The molecule has 10 nitrogen and oxygen atoms in total. The molecule has 44 heavy (non-hydrogen) atoms. The fourth-order valence-corrected chi connectivity index (χ4v) is 6.30. The number of benzene rings is 1. The van der Waals surface area contributed by atoms with Gasteiger partial charge in [-0.15, -0.1) is 0 Å². The number of hydrogen-bond acceptors (Lipinski definition) is 9. The number of sulfonamides is 1. The van der Waals surface area contributed by atoms with Crippen LogP contribution in [0.25, 0.3) is 17.3 Å². The standard InChI is InChI=1S/C32H46FN3O7S/c1-20(2)27-25(16-15-23-17-24(42-32(8,9)41-23)18-26(37)43-30(3,4)5)28(21-11-13-22(33)14-12-21)35-29(34-27)36(10)44(39,40)19-31(6,7)38/h11-16,20,23-24,38H,17-19H2,1-10H3/b16-15+/t23-,24-/m1/s1. The third kappa shape index (κ3) is 10.0. The largest absolute Gasteiger partial charge is 0.460 e. The summed E-state index contributed by atoms with van der Waals surface area (Å²) in [6.45, 7) is 15.7. The van der Waals surface area contributed by atoms with E-state index in [1.165, 1.54) is 33.0 Å². The van der Waals surface area contributed by atoms with Crippen molar-refractivity contribution in [2.24, 2.45) is 0 Å². The van der Waals surface area contributed by atoms with Crippen molar-refractivity contribution in [2.45, 2.75) is 110 Å². The Balaban J connectivity index is 2.07. The van der Waals surface area contributed by atoms with E-state index in [1.54, 1.807) is 26.0 Å². The fraction of sp³-hybridized carbons (Fsp3) is 0.594. The van der Waals surface area contributed by atoms with Gasteiger partial charge in [-0.25, -0.2) is 27.1 Å². The average molecular weight is 636 g/mol. The van der Waals surface area contributed by atoms with Gasteiger partial charge in [-0.3, -0.25) is 4.79 Å². The van der Waals surface area contributed by atoms with E-state index in [-0.39, 0.29) is 24.3 Å². The summed E-state index contributed by atoms with van der Waals surface area (Å²) in [4.78, 5) is 21.8. The molecule has 1 aromatic heterocycles. The van der Waals surface area contributed by atoms with Crippen LogP contribution in [-0.2, 0) is 29.0 Å². The number of aromatic nitrogens is 2. The molecule has 12 heteroatoms. The molecule has 1 fully saturated rings. The van der Waals surface area contributed by atoms with Gasteiger partial charge in [0.1, 0.15) is 11.4 Å². The molecule has 1 saturated heterocycles. The smallest absolute Gasteiger partial charge is 0.308 e. The van der Waals surface area contributed by atoms with Gasteiger partial charge in [-0.2, -0.15) is 0 Å². The van der Waals surface area contributed by atoms with Gasteiger partial charge in [-0.05, 0) is 78.6 Å². The first-order valence-electron chi connectivity index (χ1n) is 14.7. The van der Waals surface area contributed by atoms with E-state index in [4.69, 9.17) is 14.2 Å². The third-order valence-corrected chi connectivity index (χ3v) is 8.60. The number of hydrogen-bond donors (Lipinski definition) is 1. The molecule has 2 heterocycles. The lowest BCUT2D eigenvalue weighted by atomic mass is 9.97. The van der Waals surface area contributed by atoms with Crippen molar-refractivity contribution >= 4 is 28.0 Å². The summed E-state index contributed by atoms with van der Waals surface area (Å²) < 4.78 is 58.8. The first-order valence-corrected chi connectivity index (χ1v) is 16.3. The molecule has 1 N–H and O–H groups in total. The number of esters is 1. The van der Waals surface area contributed by atoms with Gasteiger partial charge >= 0.3 is 5.97 Å². The molecule has 0 spiro atoms. The number of aliphatic hydroxyl groups is 1. The Morgan fingerprint density at radius 1 is 1.16 bits per heavy atom. The van der Waals surface area contributed by atoms with Gasteiger partial charge in [0.2, 0.25) is 16.0 Å². The van der Waals surface area contributed by atoms with Crippen LogP contribution in [0.3, 0.4) is 0 Å². The molecule has 0 radical (unpaired) electrons. The summed E-state index contributed by atoms with van der Waals surface area (Å²) in [7, 11) is -2.65. The molecule has 2 aromatic rings. The summed E-state index contributed by atoms with van der Waals surface area (Å²) >= 11 is 0. The summed E-state index contributed by atoms with van der Waals surface area (Å²) in [5.41, 5.74) is 0.0371. The zero-order valence-electron chi connectivity index (χ0n) is 27.3. The van der Waals surface area contributed by atoms with Crippen molar-refractivity contribution in [2.75, 3.05) is 17.1 Å². The van der Waals surface area contributed by atoms with Gasteiger partial charge in [0, 0.05) is 24.6 Å². The van der Waals surface area contributed by atoms with Crippen molar-refractivity contribution in [3.05, 3.63) is 47.4 Å². The molecule has 244 valence electrons. The van der Waals surface area contributed by atoms with Crippen LogP contribution in [0, 0.1) is 5.82 Å². The van der Waals surface area contributed by atoms with E-state index in [1.807, 2.05) is 46.8 Å². The normalized spacial score (nSPS) is 19.4. The number of anilines is 1. The number of nitrogens with zero attached hydrogens (tertiary/aromatic N) is 3. The van der Waals surface area contributed by atoms with Crippen molar-refractivity contribution in [3.63, 3.8) is 0 Å². The first kappa shape index (κ1) is 35.5. The number of rotatable bonds is 10. The van der Waals surface area contributed by atoms with Gasteiger partial charge in [-0.1, -0.05) is 26.0 Å². The SMILES string of the molecule is CC(C)c1nc(N(C)S(=O)(=O)CC(C)(C)O)nc(-c2ccc(F)cc2)c1/C=C/[C@@H]1C[C@H](CC(=O)OC(C)(C)C)OC(C)(C)O1. The molecule has 3 rings (SSSR count). The zero-order valence-corrected chi connectivity index (χ0v) is 28.2. The second-order valence-electron chi connectivity index (χ2n) is 13.6. The van der Waals surface area contributed by atoms with E-state index < -0.39 is 50.8 Å². The summed E-state index contributed by atoms with van der Waals surface area (Å²) in [6, 6.07) is 5.75. The molecular weight excluding hydrogens is 589 g/mol. The van der Waals surface area contributed by atoms with E-state index in [0.717, 1.165) is 4.31 Å². The molecule has 0 saturated carbocycles. The van der Waals surface area contributed by atoms with Crippen molar-refractivity contribution in [1.82, 2.24) is 9.97 Å². The summed E-state index contributed by atoms with van der Waals surface area (Å²) in [5, 5.41) is 10.2. The molecule has 0 unspecified atom stereocenters. The maximum absolute atomic E-state index is 13.9. The molecule has 2 atom stereocenters. The minimum atomic E-state index is -3.99. The fourth-order valence-electron chi connectivity index (χ4n) is 4.88. The van der Waals surface area contributed by atoms with Gasteiger partial charge in [0.15, 0.2) is 5.79 Å². The Bertz CT molecular complexity index is 1460. The number of ether oxygens (including phenoxy) is 3. The third-order valence-electron chi connectivity index (χ3n) is 6.54. The Hall–Kier alpha value is -2.93. The van der Waals surface area contributed by atoms with Crippen LogP contribution in [0.4, 0.5) is 10.3 Å². The predicted molar refractivity (Wildman–Crippen MR) is 168 cm³/mol. The topological polar surface area (TPSA) is 128 Å². The highest BCUT2D eigenvalue weighted by atomic mass is 32.2. The lowest BCUT2D eigenvalue weighted by molar-refractivity contribution is -0.290. The van der Waals surface area contributed by atoms with E-state index in [9.17, 15) is 22.7 Å². The quantitative estimate of drug-likeness (QED) is 0.332. The molecule has 1 aliphatic heterocycles. The number of halogens is 1. The number of carbonyl (C=O) groups excluding carboxylic acids is 1. The molecule has 0 bridgehead atoms. The highest BCUT2D eigenvalue weighted by molar-refractivity contribution is 7.92. The van der Waals surface area contributed by atoms with Crippen molar-refractivity contribution in [1.29, 1.82) is 0 Å². The summed E-state index contributed by atoms with van der Waals surface area (Å²) in [5.74, 6) is -2.54. The van der Waals surface area contributed by atoms with Crippen LogP contribution in [0.2, 0.25) is 0 Å². The maximum atomic E-state index is 13.9. The van der Waals surface area contributed by atoms with Gasteiger partial charge in [0.05, 0.1) is 41.4 Å². The second-order valence-corrected chi connectivity index (χ2v) is 15.6. The zero-order chi connectivity index (χ0) is 33.3. The Labute approximate surface area is 260 Å². The van der Waals surface area contributed by atoms with E-state index >= 15 is 0 Å². The van der Waals surface area contributed by atoms with Crippen LogP contribution in [0.5, 0.6) is 0 Å². The molecular formula is C32H46FN3O7S. The Morgan fingerprint density at radius 3 is 2.32 bits per heavy atom. The Kier molecular flexibility index (Phi) is 10.7. The molecule has 1 aliphatic rings. The van der Waals surface area contributed by atoms with E-state index in [0.29, 0.717) is 28.9 Å². The highest BCUT2D eigenvalue weighted by Crippen LogP contribution is 2.34. The molecule has 0 aliphatic carbocycles. The van der Waals surface area contributed by atoms with Gasteiger partial charge in [0.25, 0.3) is 0 Å². The van der Waals surface area contributed by atoms with Gasteiger partial charge < -0.3 is 19.3 Å². The highest BCUT2D eigenvalue weighted by Gasteiger charge is 2.36. The van der Waals surface area contributed by atoms with Crippen LogP contribution in [0.15, 0.2) is 30.3 Å². The second kappa shape index (κ2) is 13.2. The molecule has 1 aromatic carbocycles. The van der Waals surface area contributed by atoms with Crippen LogP contribution >= 0.6 is 0 Å². The molecule has 0 amide bonds. The lowest BCUT2D eigenvalue weighted by Gasteiger charge is -2.39.